The highest BCUT2D eigenvalue weighted by atomic mass is 16.2. The summed E-state index contributed by atoms with van der Waals surface area (Å²) < 4.78 is 0. The molecule has 0 aliphatic heterocycles. The zero-order valence-corrected chi connectivity index (χ0v) is 13.1. The first-order valence-corrected chi connectivity index (χ1v) is 7.01. The van der Waals surface area contributed by atoms with E-state index in [2.05, 4.69) is 0 Å². The molecule has 0 N–H and O–H groups in total. The average Bonchev–Trinajstić information content (AvgIpc) is 2.42. The zero-order chi connectivity index (χ0) is 15.3. The fourth-order valence-corrected chi connectivity index (χ4v) is 2.05. The number of hydrogen-bond acceptors (Lipinski definition) is 2. The summed E-state index contributed by atoms with van der Waals surface area (Å²) in [5.74, 6) is -0.136. The van der Waals surface area contributed by atoms with Crippen molar-refractivity contribution in [1.82, 2.24) is 9.80 Å². The van der Waals surface area contributed by atoms with Gasteiger partial charge in [-0.05, 0) is 51.0 Å². The van der Waals surface area contributed by atoms with E-state index in [-0.39, 0.29) is 18.4 Å². The fourth-order valence-electron chi connectivity index (χ4n) is 2.05. The van der Waals surface area contributed by atoms with E-state index in [4.69, 9.17) is 0 Å². The molecule has 4 heteroatoms. The molecule has 0 aromatic heterocycles. The van der Waals surface area contributed by atoms with Crippen LogP contribution < -0.4 is 0 Å². The smallest absolute Gasteiger partial charge is 0.254 e. The van der Waals surface area contributed by atoms with E-state index in [0.717, 1.165) is 11.1 Å². The van der Waals surface area contributed by atoms with Crippen molar-refractivity contribution in [2.75, 3.05) is 26.7 Å². The van der Waals surface area contributed by atoms with Crippen molar-refractivity contribution < 1.29 is 9.59 Å². The van der Waals surface area contributed by atoms with Crippen molar-refractivity contribution >= 4 is 11.8 Å². The molecule has 0 unspecified atom stereocenters. The quantitative estimate of drug-likeness (QED) is 0.827. The molecule has 20 heavy (non-hydrogen) atoms. The van der Waals surface area contributed by atoms with Crippen LogP contribution in [-0.2, 0) is 4.79 Å². The van der Waals surface area contributed by atoms with Gasteiger partial charge >= 0.3 is 0 Å². The van der Waals surface area contributed by atoms with E-state index in [1.165, 1.54) is 4.90 Å². The van der Waals surface area contributed by atoms with E-state index in [1.807, 2.05) is 45.9 Å². The molecule has 0 atom stereocenters. The third-order valence-electron chi connectivity index (χ3n) is 3.59. The van der Waals surface area contributed by atoms with E-state index in [9.17, 15) is 9.59 Å². The number of aryl methyl sites for hydroxylation is 2. The highest BCUT2D eigenvalue weighted by Gasteiger charge is 2.18. The normalized spacial score (nSPS) is 10.2. The molecule has 0 fully saturated rings. The summed E-state index contributed by atoms with van der Waals surface area (Å²) in [6, 6.07) is 5.61. The van der Waals surface area contributed by atoms with Crippen LogP contribution in [0, 0.1) is 13.8 Å². The Morgan fingerprint density at radius 2 is 1.65 bits per heavy atom. The number of likely N-dealkylation sites (N-methyl/N-ethyl adjacent to an activating group) is 2. The van der Waals surface area contributed by atoms with Crippen LogP contribution >= 0.6 is 0 Å². The van der Waals surface area contributed by atoms with Crippen LogP contribution in [0.2, 0.25) is 0 Å². The Morgan fingerprint density at radius 3 is 2.15 bits per heavy atom. The molecule has 0 radical (unpaired) electrons. The molecule has 1 aromatic rings. The Labute approximate surface area is 121 Å². The minimum atomic E-state index is -0.117. The minimum Gasteiger partial charge on any atom is -0.342 e. The molecule has 0 saturated carbocycles. The molecule has 0 spiro atoms. The largest absolute Gasteiger partial charge is 0.342 e. The Kier molecular flexibility index (Phi) is 5.74. The van der Waals surface area contributed by atoms with Crippen LogP contribution in [0.3, 0.4) is 0 Å². The third-order valence-corrected chi connectivity index (χ3v) is 3.59. The summed E-state index contributed by atoms with van der Waals surface area (Å²) in [6.45, 7) is 9.32. The molecule has 0 bridgehead atoms. The summed E-state index contributed by atoms with van der Waals surface area (Å²) in [6.07, 6.45) is 0. The van der Waals surface area contributed by atoms with Gasteiger partial charge in [-0.3, -0.25) is 9.59 Å². The Hall–Kier alpha value is -1.84. The number of nitrogens with zero attached hydrogens (tertiary/aromatic N) is 2. The van der Waals surface area contributed by atoms with Gasteiger partial charge in [-0.15, -0.1) is 0 Å². The van der Waals surface area contributed by atoms with Gasteiger partial charge in [0.05, 0.1) is 6.54 Å². The Morgan fingerprint density at radius 1 is 1.05 bits per heavy atom. The van der Waals surface area contributed by atoms with E-state index in [1.54, 1.807) is 11.9 Å². The molecule has 0 heterocycles. The molecule has 2 amide bonds. The number of amides is 2. The van der Waals surface area contributed by atoms with Crippen LogP contribution in [0.1, 0.15) is 35.3 Å². The zero-order valence-electron chi connectivity index (χ0n) is 13.1. The Balaban J connectivity index is 2.76. The summed E-state index contributed by atoms with van der Waals surface area (Å²) in [5.41, 5.74) is 2.87. The van der Waals surface area contributed by atoms with Gasteiger partial charge in [0, 0.05) is 25.7 Å². The highest BCUT2D eigenvalue weighted by Crippen LogP contribution is 2.11. The second kappa shape index (κ2) is 7.08. The summed E-state index contributed by atoms with van der Waals surface area (Å²) in [5, 5.41) is 0. The fraction of sp³-hybridized carbons (Fsp3) is 0.500. The first-order chi connectivity index (χ1) is 9.40. The lowest BCUT2D eigenvalue weighted by Gasteiger charge is -2.23. The topological polar surface area (TPSA) is 40.6 Å². The average molecular weight is 276 g/mol. The monoisotopic (exact) mass is 276 g/mol. The molecule has 1 rings (SSSR count). The van der Waals surface area contributed by atoms with Crippen molar-refractivity contribution in [3.05, 3.63) is 34.9 Å². The maximum Gasteiger partial charge on any atom is 0.254 e. The lowest BCUT2D eigenvalue weighted by Crippen LogP contribution is -2.41. The van der Waals surface area contributed by atoms with E-state index >= 15 is 0 Å². The predicted octanol–water partition coefficient (Wildman–Crippen LogP) is 2.24. The van der Waals surface area contributed by atoms with Gasteiger partial charge < -0.3 is 9.80 Å². The standard InChI is InChI=1S/C16H24N2O2/c1-6-18(7-2)15(19)11-17(5)16(20)14-9-8-12(3)13(4)10-14/h8-10H,6-7,11H2,1-5H3. The first-order valence-electron chi connectivity index (χ1n) is 7.01. The van der Waals surface area contributed by atoms with Gasteiger partial charge in [0.15, 0.2) is 0 Å². The van der Waals surface area contributed by atoms with Crippen molar-refractivity contribution in [1.29, 1.82) is 0 Å². The second-order valence-electron chi connectivity index (χ2n) is 5.03. The van der Waals surface area contributed by atoms with Crippen LogP contribution in [0.4, 0.5) is 0 Å². The van der Waals surface area contributed by atoms with E-state index < -0.39 is 0 Å². The van der Waals surface area contributed by atoms with Gasteiger partial charge in [-0.1, -0.05) is 6.07 Å². The first kappa shape index (κ1) is 16.2. The van der Waals surface area contributed by atoms with Gasteiger partial charge in [-0.2, -0.15) is 0 Å². The Bertz CT molecular complexity index is 493. The molecular formula is C16H24N2O2. The van der Waals surface area contributed by atoms with Gasteiger partial charge in [-0.25, -0.2) is 0 Å². The van der Waals surface area contributed by atoms with Crippen LogP contribution in [-0.4, -0.2) is 48.3 Å². The van der Waals surface area contributed by atoms with Crippen molar-refractivity contribution in [3.8, 4) is 0 Å². The van der Waals surface area contributed by atoms with E-state index in [0.29, 0.717) is 18.7 Å². The molecular weight excluding hydrogens is 252 g/mol. The van der Waals surface area contributed by atoms with Crippen molar-refractivity contribution in [2.45, 2.75) is 27.7 Å². The van der Waals surface area contributed by atoms with Crippen molar-refractivity contribution in [2.24, 2.45) is 0 Å². The molecule has 0 aliphatic carbocycles. The van der Waals surface area contributed by atoms with Crippen LogP contribution in [0.15, 0.2) is 18.2 Å². The molecule has 4 nitrogen and oxygen atoms in total. The molecule has 0 saturated heterocycles. The summed E-state index contributed by atoms with van der Waals surface area (Å²) >= 11 is 0. The second-order valence-corrected chi connectivity index (χ2v) is 5.03. The molecule has 0 aliphatic rings. The molecule has 1 aromatic carbocycles. The van der Waals surface area contributed by atoms with Gasteiger partial charge in [0.2, 0.25) is 5.91 Å². The van der Waals surface area contributed by atoms with Crippen LogP contribution in [0.5, 0.6) is 0 Å². The lowest BCUT2D eigenvalue weighted by molar-refractivity contribution is -0.131. The molecule has 110 valence electrons. The predicted molar refractivity (Wildman–Crippen MR) is 80.8 cm³/mol. The number of rotatable bonds is 5. The van der Waals surface area contributed by atoms with Crippen LogP contribution in [0.25, 0.3) is 0 Å². The van der Waals surface area contributed by atoms with Gasteiger partial charge in [0.1, 0.15) is 0 Å². The lowest BCUT2D eigenvalue weighted by atomic mass is 10.1. The SMILES string of the molecule is CCN(CC)C(=O)CN(C)C(=O)c1ccc(C)c(C)c1. The summed E-state index contributed by atoms with van der Waals surface area (Å²) in [7, 11) is 1.67. The number of carbonyl (C=O) groups is 2. The van der Waals surface area contributed by atoms with Gasteiger partial charge in [0.25, 0.3) is 5.91 Å². The number of carbonyl (C=O) groups excluding carboxylic acids is 2. The number of benzene rings is 1. The minimum absolute atomic E-state index is 0.0188. The number of hydrogen-bond donors (Lipinski definition) is 0. The maximum absolute atomic E-state index is 12.3. The highest BCUT2D eigenvalue weighted by molar-refractivity contribution is 5.96. The van der Waals surface area contributed by atoms with Crippen molar-refractivity contribution in [3.63, 3.8) is 0 Å². The maximum atomic E-state index is 12.3. The summed E-state index contributed by atoms with van der Waals surface area (Å²) in [4.78, 5) is 27.5. The third kappa shape index (κ3) is 3.83.